The maximum atomic E-state index is 4.68. The number of hydrogen-bond acceptors (Lipinski definition) is 5. The molecule has 4 nitrogen and oxygen atoms in total. The molecule has 5 heteroatoms. The monoisotopic (exact) mass is 350 g/mol. The molecule has 4 rings (SSSR count). The van der Waals surface area contributed by atoms with Gasteiger partial charge in [-0.05, 0) is 36.1 Å². The zero-order chi connectivity index (χ0) is 17.1. The molecule has 3 aromatic rings. The Morgan fingerprint density at radius 1 is 1.12 bits per heavy atom. The van der Waals surface area contributed by atoms with Crippen molar-refractivity contribution < 1.29 is 0 Å². The number of nitrogens with zero attached hydrogens (tertiary/aromatic N) is 3. The highest BCUT2D eigenvalue weighted by Gasteiger charge is 2.16. The molecule has 25 heavy (non-hydrogen) atoms. The first-order valence-electron chi connectivity index (χ1n) is 8.66. The molecule has 0 atom stereocenters. The number of nitrogens with one attached hydrogen (secondary N) is 1. The first kappa shape index (κ1) is 16.2. The average Bonchev–Trinajstić information content (AvgIpc) is 3.07. The number of rotatable bonds is 5. The summed E-state index contributed by atoms with van der Waals surface area (Å²) in [6, 6.07) is 13.0. The SMILES string of the molecule is Cc1nc(CNCc2ccc(N3CCc4ccccc4C3)nc2)cs1. The summed E-state index contributed by atoms with van der Waals surface area (Å²) in [7, 11) is 0. The third-order valence-corrected chi connectivity index (χ3v) is 5.39. The summed E-state index contributed by atoms with van der Waals surface area (Å²) in [4.78, 5) is 11.5. The third-order valence-electron chi connectivity index (χ3n) is 4.57. The predicted molar refractivity (Wildman–Crippen MR) is 103 cm³/mol. The van der Waals surface area contributed by atoms with Gasteiger partial charge in [-0.3, -0.25) is 0 Å². The van der Waals surface area contributed by atoms with Crippen LogP contribution >= 0.6 is 11.3 Å². The van der Waals surface area contributed by atoms with E-state index in [1.807, 2.05) is 13.1 Å². The number of thiazole rings is 1. The van der Waals surface area contributed by atoms with Crippen LogP contribution in [0.2, 0.25) is 0 Å². The van der Waals surface area contributed by atoms with Gasteiger partial charge < -0.3 is 10.2 Å². The van der Waals surface area contributed by atoms with Crippen LogP contribution < -0.4 is 10.2 Å². The summed E-state index contributed by atoms with van der Waals surface area (Å²) in [6.45, 7) is 5.63. The van der Waals surface area contributed by atoms with E-state index in [1.165, 1.54) is 16.7 Å². The summed E-state index contributed by atoms with van der Waals surface area (Å²) in [6.07, 6.45) is 3.07. The van der Waals surface area contributed by atoms with Gasteiger partial charge in [0.25, 0.3) is 0 Å². The van der Waals surface area contributed by atoms with Gasteiger partial charge in [0.05, 0.1) is 10.7 Å². The second-order valence-corrected chi connectivity index (χ2v) is 7.49. The van der Waals surface area contributed by atoms with Crippen molar-refractivity contribution in [3.63, 3.8) is 0 Å². The molecule has 1 N–H and O–H groups in total. The Kier molecular flexibility index (Phi) is 4.76. The van der Waals surface area contributed by atoms with E-state index in [-0.39, 0.29) is 0 Å². The van der Waals surface area contributed by atoms with E-state index >= 15 is 0 Å². The van der Waals surface area contributed by atoms with E-state index in [9.17, 15) is 0 Å². The number of aryl methyl sites for hydroxylation is 1. The average molecular weight is 350 g/mol. The number of hydrogen-bond donors (Lipinski definition) is 1. The Bertz CT molecular complexity index is 841. The van der Waals surface area contributed by atoms with Gasteiger partial charge in [0.15, 0.2) is 0 Å². The van der Waals surface area contributed by atoms with Crippen molar-refractivity contribution in [2.45, 2.75) is 33.0 Å². The van der Waals surface area contributed by atoms with Crippen molar-refractivity contribution in [1.82, 2.24) is 15.3 Å². The van der Waals surface area contributed by atoms with Crippen molar-refractivity contribution >= 4 is 17.2 Å². The zero-order valence-corrected chi connectivity index (χ0v) is 15.2. The van der Waals surface area contributed by atoms with Gasteiger partial charge in [0.2, 0.25) is 0 Å². The van der Waals surface area contributed by atoms with Crippen LogP contribution in [0.15, 0.2) is 48.0 Å². The Balaban J connectivity index is 1.34. The molecule has 0 aliphatic carbocycles. The Morgan fingerprint density at radius 2 is 2.00 bits per heavy atom. The van der Waals surface area contributed by atoms with E-state index in [2.05, 4.69) is 62.0 Å². The smallest absolute Gasteiger partial charge is 0.128 e. The highest BCUT2D eigenvalue weighted by Crippen LogP contribution is 2.23. The van der Waals surface area contributed by atoms with Crippen molar-refractivity contribution in [3.05, 3.63) is 75.4 Å². The van der Waals surface area contributed by atoms with Crippen LogP contribution in [0.3, 0.4) is 0 Å². The van der Waals surface area contributed by atoms with Crippen molar-refractivity contribution in [1.29, 1.82) is 0 Å². The van der Waals surface area contributed by atoms with Crippen LogP contribution in [-0.2, 0) is 26.1 Å². The van der Waals surface area contributed by atoms with Gasteiger partial charge in [0.1, 0.15) is 5.82 Å². The molecule has 0 amide bonds. The number of fused-ring (bicyclic) bond motifs is 1. The molecular formula is C20H22N4S. The Labute approximate surface area is 152 Å². The molecule has 0 bridgehead atoms. The number of benzene rings is 1. The lowest BCUT2D eigenvalue weighted by molar-refractivity contribution is 0.678. The minimum atomic E-state index is 0.801. The maximum Gasteiger partial charge on any atom is 0.128 e. The first-order valence-corrected chi connectivity index (χ1v) is 9.54. The normalized spacial score (nSPS) is 13.7. The lowest BCUT2D eigenvalue weighted by Crippen LogP contribution is -2.30. The number of aromatic nitrogens is 2. The lowest BCUT2D eigenvalue weighted by Gasteiger charge is -2.29. The molecule has 0 fully saturated rings. The number of anilines is 1. The second kappa shape index (κ2) is 7.33. The third kappa shape index (κ3) is 3.89. The maximum absolute atomic E-state index is 4.68. The van der Waals surface area contributed by atoms with E-state index in [1.54, 1.807) is 11.3 Å². The largest absolute Gasteiger partial charge is 0.352 e. The molecule has 1 aliphatic rings. The molecule has 1 aliphatic heterocycles. The highest BCUT2D eigenvalue weighted by molar-refractivity contribution is 7.09. The fraction of sp³-hybridized carbons (Fsp3) is 0.300. The quantitative estimate of drug-likeness (QED) is 0.762. The van der Waals surface area contributed by atoms with Gasteiger partial charge in [-0.2, -0.15) is 0 Å². The van der Waals surface area contributed by atoms with Crippen LogP contribution in [0, 0.1) is 6.92 Å². The van der Waals surface area contributed by atoms with Gasteiger partial charge in [-0.15, -0.1) is 11.3 Å². The second-order valence-electron chi connectivity index (χ2n) is 6.43. The van der Waals surface area contributed by atoms with Crippen molar-refractivity contribution in [3.8, 4) is 0 Å². The molecule has 3 heterocycles. The molecule has 0 unspecified atom stereocenters. The molecule has 128 valence electrons. The van der Waals surface area contributed by atoms with Gasteiger partial charge in [0, 0.05) is 37.8 Å². The molecule has 0 saturated carbocycles. The van der Waals surface area contributed by atoms with Crippen LogP contribution in [0.25, 0.3) is 0 Å². The molecule has 0 spiro atoms. The fourth-order valence-electron chi connectivity index (χ4n) is 3.22. The van der Waals surface area contributed by atoms with E-state index in [0.717, 1.165) is 49.1 Å². The zero-order valence-electron chi connectivity index (χ0n) is 14.4. The minimum Gasteiger partial charge on any atom is -0.352 e. The summed E-state index contributed by atoms with van der Waals surface area (Å²) in [5.41, 5.74) is 5.20. The standard InChI is InChI=1S/C20H22N4S/c1-15-23-19(14-25-15)12-21-10-16-6-7-20(22-11-16)24-9-8-17-4-2-3-5-18(17)13-24/h2-7,11,14,21H,8-10,12-13H2,1H3. The molecular weight excluding hydrogens is 328 g/mol. The summed E-state index contributed by atoms with van der Waals surface area (Å²) in [5.74, 6) is 1.06. The number of pyridine rings is 1. The lowest BCUT2D eigenvalue weighted by atomic mass is 10.00. The van der Waals surface area contributed by atoms with Crippen LogP contribution in [0.5, 0.6) is 0 Å². The topological polar surface area (TPSA) is 41.1 Å². The van der Waals surface area contributed by atoms with Crippen LogP contribution in [0.1, 0.15) is 27.4 Å². The summed E-state index contributed by atoms with van der Waals surface area (Å²) >= 11 is 1.69. The van der Waals surface area contributed by atoms with Crippen molar-refractivity contribution in [2.24, 2.45) is 0 Å². The van der Waals surface area contributed by atoms with E-state index < -0.39 is 0 Å². The van der Waals surface area contributed by atoms with Gasteiger partial charge in [-0.1, -0.05) is 30.3 Å². The van der Waals surface area contributed by atoms with Gasteiger partial charge in [-0.25, -0.2) is 9.97 Å². The summed E-state index contributed by atoms with van der Waals surface area (Å²) < 4.78 is 0. The predicted octanol–water partition coefficient (Wildman–Crippen LogP) is 3.70. The molecule has 2 aromatic heterocycles. The molecule has 0 saturated heterocycles. The first-order chi connectivity index (χ1) is 12.3. The highest BCUT2D eigenvalue weighted by atomic mass is 32.1. The molecule has 1 aromatic carbocycles. The molecule has 0 radical (unpaired) electrons. The van der Waals surface area contributed by atoms with Crippen molar-refractivity contribution in [2.75, 3.05) is 11.4 Å². The minimum absolute atomic E-state index is 0.801. The summed E-state index contributed by atoms with van der Waals surface area (Å²) in [5, 5.41) is 6.66. The fourth-order valence-corrected chi connectivity index (χ4v) is 3.84. The Hall–Kier alpha value is -2.24. The van der Waals surface area contributed by atoms with Crippen LogP contribution in [-0.4, -0.2) is 16.5 Å². The van der Waals surface area contributed by atoms with Gasteiger partial charge >= 0.3 is 0 Å². The van der Waals surface area contributed by atoms with E-state index in [4.69, 9.17) is 0 Å². The Morgan fingerprint density at radius 3 is 2.76 bits per heavy atom. The van der Waals surface area contributed by atoms with E-state index in [0.29, 0.717) is 0 Å². The van der Waals surface area contributed by atoms with Crippen LogP contribution in [0.4, 0.5) is 5.82 Å².